The lowest BCUT2D eigenvalue weighted by atomic mass is 10.1. The molecule has 25 heavy (non-hydrogen) atoms. The van der Waals surface area contributed by atoms with Crippen molar-refractivity contribution in [3.8, 4) is 5.95 Å². The van der Waals surface area contributed by atoms with Crippen molar-refractivity contribution in [2.75, 3.05) is 32.2 Å². The van der Waals surface area contributed by atoms with E-state index >= 15 is 0 Å². The predicted octanol–water partition coefficient (Wildman–Crippen LogP) is 3.43. The van der Waals surface area contributed by atoms with Gasteiger partial charge in [0, 0.05) is 18.2 Å². The number of fused-ring (bicyclic) bond motifs is 1. The highest BCUT2D eigenvalue weighted by atomic mass is 35.5. The molecule has 1 fully saturated rings. The molecule has 7 nitrogen and oxygen atoms in total. The number of rotatable bonds is 7. The molecule has 1 amide bonds. The van der Waals surface area contributed by atoms with Crippen LogP contribution in [0.3, 0.4) is 0 Å². The Morgan fingerprint density at radius 3 is 2.84 bits per heavy atom. The third-order valence-corrected chi connectivity index (χ3v) is 4.11. The summed E-state index contributed by atoms with van der Waals surface area (Å²) in [4.78, 5) is 23.9. The second-order valence-corrected chi connectivity index (χ2v) is 6.14. The van der Waals surface area contributed by atoms with Gasteiger partial charge in [0.2, 0.25) is 0 Å². The topological polar surface area (TPSA) is 87.0 Å². The van der Waals surface area contributed by atoms with Gasteiger partial charge < -0.3 is 18.6 Å². The summed E-state index contributed by atoms with van der Waals surface area (Å²) in [7, 11) is 1.53. The Hall–Kier alpha value is -2.25. The summed E-state index contributed by atoms with van der Waals surface area (Å²) in [5, 5.41) is 3.49. The van der Waals surface area contributed by atoms with E-state index < -0.39 is 11.7 Å². The van der Waals surface area contributed by atoms with Gasteiger partial charge in [-0.3, -0.25) is 5.32 Å². The van der Waals surface area contributed by atoms with E-state index in [4.69, 9.17) is 30.2 Å². The van der Waals surface area contributed by atoms with Crippen LogP contribution in [0.1, 0.15) is 12.8 Å². The molecule has 0 saturated heterocycles. The predicted molar refractivity (Wildman–Crippen MR) is 92.6 cm³/mol. The number of methoxy groups -OCH3 is 1. The van der Waals surface area contributed by atoms with Gasteiger partial charge in [-0.25, -0.2) is 9.59 Å². The summed E-state index contributed by atoms with van der Waals surface area (Å²) in [6.45, 7) is 0.955. The second kappa shape index (κ2) is 7.76. The highest BCUT2D eigenvalue weighted by molar-refractivity contribution is 6.36. The number of hydrogen-bond donors (Lipinski definition) is 1. The molecule has 1 aromatic heterocycles. The summed E-state index contributed by atoms with van der Waals surface area (Å²) >= 11 is 6.23. The molecule has 8 heteroatoms. The van der Waals surface area contributed by atoms with Crippen LogP contribution in [0.15, 0.2) is 27.4 Å². The summed E-state index contributed by atoms with van der Waals surface area (Å²) < 4.78 is 20.4. The molecule has 1 aromatic carbocycles. The number of halogens is 1. The first-order valence-corrected chi connectivity index (χ1v) is 8.28. The molecule has 1 heterocycles. The maximum atomic E-state index is 12.2. The monoisotopic (exact) mass is 367 g/mol. The van der Waals surface area contributed by atoms with Crippen molar-refractivity contribution in [2.45, 2.75) is 12.8 Å². The molecule has 1 aliphatic carbocycles. The van der Waals surface area contributed by atoms with Crippen LogP contribution in [0.25, 0.3) is 10.8 Å². The first-order chi connectivity index (χ1) is 12.1. The van der Waals surface area contributed by atoms with Crippen molar-refractivity contribution < 1.29 is 23.4 Å². The van der Waals surface area contributed by atoms with E-state index in [1.165, 1.54) is 13.2 Å². The van der Waals surface area contributed by atoms with Crippen LogP contribution in [0.4, 0.5) is 10.5 Å². The number of amides is 1. The number of ether oxygens (including phenoxy) is 3. The Morgan fingerprint density at radius 1 is 1.32 bits per heavy atom. The van der Waals surface area contributed by atoms with Gasteiger partial charge in [-0.2, -0.15) is 0 Å². The summed E-state index contributed by atoms with van der Waals surface area (Å²) in [6.07, 6.45) is 1.64. The first kappa shape index (κ1) is 17.6. The van der Waals surface area contributed by atoms with Crippen molar-refractivity contribution in [3.63, 3.8) is 0 Å². The van der Waals surface area contributed by atoms with Crippen LogP contribution in [0, 0.1) is 5.92 Å². The summed E-state index contributed by atoms with van der Waals surface area (Å²) in [5.74, 6) is 0.422. The lowest BCUT2D eigenvalue weighted by molar-refractivity contribution is 0.128. The molecule has 0 spiro atoms. The van der Waals surface area contributed by atoms with Gasteiger partial charge in [0.1, 0.15) is 11.6 Å². The molecule has 0 unspecified atom stereocenters. The molecule has 1 aliphatic rings. The Bertz CT molecular complexity index is 830. The van der Waals surface area contributed by atoms with Gasteiger partial charge in [0.25, 0.3) is 0 Å². The minimum absolute atomic E-state index is 0.0548. The molecule has 0 radical (unpaired) electrons. The fourth-order valence-corrected chi connectivity index (χ4v) is 2.48. The lowest BCUT2D eigenvalue weighted by Gasteiger charge is -2.10. The SMILES string of the molecule is COCCOc1oc(=O)c2cc(NC(=O)OCC3CC3)ccc2c1Cl. The third kappa shape index (κ3) is 4.43. The second-order valence-electron chi connectivity index (χ2n) is 5.76. The average molecular weight is 368 g/mol. The minimum atomic E-state index is -0.609. The molecule has 0 atom stereocenters. The van der Waals surface area contributed by atoms with Crippen LogP contribution >= 0.6 is 11.6 Å². The van der Waals surface area contributed by atoms with Crippen molar-refractivity contribution >= 4 is 34.2 Å². The van der Waals surface area contributed by atoms with Crippen LogP contribution < -0.4 is 15.7 Å². The van der Waals surface area contributed by atoms with Gasteiger partial charge >= 0.3 is 17.7 Å². The number of carbonyl (C=O) groups is 1. The molecule has 0 aliphatic heterocycles. The highest BCUT2D eigenvalue weighted by Crippen LogP contribution is 2.32. The van der Waals surface area contributed by atoms with Gasteiger partial charge in [0.05, 0.1) is 18.6 Å². The Balaban J connectivity index is 1.77. The van der Waals surface area contributed by atoms with E-state index in [0.717, 1.165) is 12.8 Å². The maximum absolute atomic E-state index is 12.2. The van der Waals surface area contributed by atoms with Crippen molar-refractivity contribution in [1.29, 1.82) is 0 Å². The smallest absolute Gasteiger partial charge is 0.411 e. The standard InChI is InChI=1S/C17H18ClNO6/c1-22-6-7-23-16-14(18)12-5-4-11(8-13(12)15(20)25-16)19-17(21)24-9-10-2-3-10/h4-5,8,10H,2-3,6-7,9H2,1H3,(H,19,21). The number of anilines is 1. The minimum Gasteiger partial charge on any atom is -0.462 e. The van der Waals surface area contributed by atoms with E-state index in [0.29, 0.717) is 30.2 Å². The van der Waals surface area contributed by atoms with Crippen LogP contribution in [0.2, 0.25) is 5.02 Å². The zero-order valence-corrected chi connectivity index (χ0v) is 14.4. The maximum Gasteiger partial charge on any atom is 0.411 e. The molecule has 0 bridgehead atoms. The summed E-state index contributed by atoms with van der Waals surface area (Å²) in [5.41, 5.74) is -0.188. The Morgan fingerprint density at radius 2 is 2.12 bits per heavy atom. The summed E-state index contributed by atoms with van der Waals surface area (Å²) in [6, 6.07) is 4.74. The van der Waals surface area contributed by atoms with E-state index in [9.17, 15) is 9.59 Å². The normalized spacial score (nSPS) is 13.7. The number of nitrogens with one attached hydrogen (secondary N) is 1. The molecular formula is C17H18ClNO6. The fraction of sp³-hybridized carbons (Fsp3) is 0.412. The van der Waals surface area contributed by atoms with Gasteiger partial charge in [-0.15, -0.1) is 0 Å². The lowest BCUT2D eigenvalue weighted by Crippen LogP contribution is -2.15. The largest absolute Gasteiger partial charge is 0.462 e. The van der Waals surface area contributed by atoms with E-state index in [2.05, 4.69) is 5.32 Å². The molecule has 134 valence electrons. The quantitative estimate of drug-likeness (QED) is 0.754. The average Bonchev–Trinajstić information content (AvgIpc) is 3.42. The highest BCUT2D eigenvalue weighted by Gasteiger charge is 2.23. The molecule has 1 saturated carbocycles. The van der Waals surface area contributed by atoms with Crippen LogP contribution in [-0.2, 0) is 9.47 Å². The van der Waals surface area contributed by atoms with E-state index in [-0.39, 0.29) is 23.0 Å². The van der Waals surface area contributed by atoms with Crippen molar-refractivity contribution in [3.05, 3.63) is 33.6 Å². The number of carbonyl (C=O) groups excluding carboxylic acids is 1. The molecule has 2 aromatic rings. The van der Waals surface area contributed by atoms with E-state index in [1.807, 2.05) is 0 Å². The number of hydrogen-bond acceptors (Lipinski definition) is 6. The van der Waals surface area contributed by atoms with Crippen molar-refractivity contribution in [1.82, 2.24) is 0 Å². The molecular weight excluding hydrogens is 350 g/mol. The van der Waals surface area contributed by atoms with Crippen LogP contribution in [0.5, 0.6) is 5.95 Å². The van der Waals surface area contributed by atoms with Crippen molar-refractivity contribution in [2.24, 2.45) is 5.92 Å². The van der Waals surface area contributed by atoms with E-state index in [1.54, 1.807) is 12.1 Å². The third-order valence-electron chi connectivity index (χ3n) is 3.75. The zero-order valence-electron chi connectivity index (χ0n) is 13.7. The van der Waals surface area contributed by atoms with Crippen LogP contribution in [-0.4, -0.2) is 33.0 Å². The van der Waals surface area contributed by atoms with Gasteiger partial charge in [0.15, 0.2) is 0 Å². The number of benzene rings is 1. The van der Waals surface area contributed by atoms with Gasteiger partial charge in [-0.05, 0) is 30.9 Å². The van der Waals surface area contributed by atoms with Gasteiger partial charge in [-0.1, -0.05) is 17.7 Å². The molecule has 3 rings (SSSR count). The first-order valence-electron chi connectivity index (χ1n) is 7.90. The molecule has 1 N–H and O–H groups in total. The Kier molecular flexibility index (Phi) is 5.45. The fourth-order valence-electron chi connectivity index (χ4n) is 2.22. The zero-order chi connectivity index (χ0) is 17.8. The Labute approximate surface area is 148 Å².